The second-order valence-electron chi connectivity index (χ2n) is 6.37. The molecule has 1 spiro atoms. The Morgan fingerprint density at radius 2 is 1.75 bits per heavy atom. The van der Waals surface area contributed by atoms with Gasteiger partial charge in [-0.2, -0.15) is 0 Å². The number of imide groups is 1. The van der Waals surface area contributed by atoms with Gasteiger partial charge in [0.2, 0.25) is 5.91 Å². The maximum atomic E-state index is 12.7. The monoisotopic (exact) mass is 349 g/mol. The molecule has 0 bridgehead atoms. The molecular weight excluding hydrogens is 330 g/mol. The summed E-state index contributed by atoms with van der Waals surface area (Å²) in [4.78, 5) is 38.1. The Morgan fingerprint density at radius 1 is 1.12 bits per heavy atom. The minimum Gasteiger partial charge on any atom is -0.325 e. The Kier molecular flexibility index (Phi) is 4.76. The average Bonchev–Trinajstić information content (AvgIpc) is 2.73. The maximum Gasteiger partial charge on any atom is 0.325 e. The minimum absolute atomic E-state index is 0.277. The molecular formula is C17H20ClN3O3. The van der Waals surface area contributed by atoms with Crippen molar-refractivity contribution in [3.63, 3.8) is 0 Å². The van der Waals surface area contributed by atoms with Crippen molar-refractivity contribution in [2.45, 2.75) is 44.1 Å². The summed E-state index contributed by atoms with van der Waals surface area (Å²) in [7, 11) is 0. The predicted octanol–water partition coefficient (Wildman–Crippen LogP) is 2.92. The lowest BCUT2D eigenvalue weighted by atomic mass is 9.90. The van der Waals surface area contributed by atoms with Crippen LogP contribution >= 0.6 is 11.6 Å². The van der Waals surface area contributed by atoms with Gasteiger partial charge < -0.3 is 10.6 Å². The van der Waals surface area contributed by atoms with Gasteiger partial charge in [0.25, 0.3) is 5.91 Å². The zero-order chi connectivity index (χ0) is 17.2. The number of hydrogen-bond acceptors (Lipinski definition) is 3. The highest BCUT2D eigenvalue weighted by atomic mass is 35.5. The SMILES string of the molecule is O=C(CN1C(=O)NC2(CCCCCC2)C1=O)Nc1ccc(Cl)cc1. The molecule has 1 saturated heterocycles. The second-order valence-corrected chi connectivity index (χ2v) is 6.81. The van der Waals surface area contributed by atoms with E-state index in [-0.39, 0.29) is 12.5 Å². The van der Waals surface area contributed by atoms with Gasteiger partial charge in [-0.3, -0.25) is 14.5 Å². The van der Waals surface area contributed by atoms with Crippen molar-refractivity contribution in [2.75, 3.05) is 11.9 Å². The van der Waals surface area contributed by atoms with Crippen molar-refractivity contribution in [2.24, 2.45) is 0 Å². The third-order valence-electron chi connectivity index (χ3n) is 4.63. The minimum atomic E-state index is -0.811. The second kappa shape index (κ2) is 6.81. The Bertz CT molecular complexity index is 652. The Balaban J connectivity index is 1.66. The largest absolute Gasteiger partial charge is 0.325 e. The van der Waals surface area contributed by atoms with E-state index in [1.165, 1.54) is 0 Å². The van der Waals surface area contributed by atoms with Crippen LogP contribution in [-0.2, 0) is 9.59 Å². The van der Waals surface area contributed by atoms with Gasteiger partial charge in [0, 0.05) is 10.7 Å². The molecule has 1 aromatic carbocycles. The smallest absolute Gasteiger partial charge is 0.325 e. The summed E-state index contributed by atoms with van der Waals surface area (Å²) in [6, 6.07) is 6.17. The molecule has 6 nitrogen and oxygen atoms in total. The van der Waals surface area contributed by atoms with Gasteiger partial charge >= 0.3 is 6.03 Å². The fourth-order valence-electron chi connectivity index (χ4n) is 3.37. The van der Waals surface area contributed by atoms with Gasteiger partial charge in [0.15, 0.2) is 0 Å². The number of carbonyl (C=O) groups is 3. The highest BCUT2D eigenvalue weighted by Gasteiger charge is 2.51. The first kappa shape index (κ1) is 16.8. The van der Waals surface area contributed by atoms with Crippen LogP contribution in [-0.4, -0.2) is 34.8 Å². The number of benzene rings is 1. The van der Waals surface area contributed by atoms with Gasteiger partial charge in [-0.25, -0.2) is 4.79 Å². The van der Waals surface area contributed by atoms with Crippen LogP contribution in [0.5, 0.6) is 0 Å². The van der Waals surface area contributed by atoms with Crippen LogP contribution in [0.1, 0.15) is 38.5 Å². The molecule has 1 aromatic rings. The van der Waals surface area contributed by atoms with Crippen LogP contribution in [0.2, 0.25) is 5.02 Å². The summed E-state index contributed by atoms with van der Waals surface area (Å²) >= 11 is 5.80. The molecule has 1 heterocycles. The first-order chi connectivity index (χ1) is 11.5. The van der Waals surface area contributed by atoms with Gasteiger partial charge in [-0.05, 0) is 37.1 Å². The van der Waals surface area contributed by atoms with Crippen molar-refractivity contribution < 1.29 is 14.4 Å². The van der Waals surface area contributed by atoms with E-state index in [2.05, 4.69) is 10.6 Å². The summed E-state index contributed by atoms with van der Waals surface area (Å²) in [5, 5.41) is 6.06. The molecule has 2 aliphatic rings. The van der Waals surface area contributed by atoms with E-state index in [1.807, 2.05) is 0 Å². The van der Waals surface area contributed by atoms with E-state index in [0.29, 0.717) is 23.6 Å². The lowest BCUT2D eigenvalue weighted by Crippen LogP contribution is -2.47. The van der Waals surface area contributed by atoms with E-state index in [0.717, 1.165) is 30.6 Å². The van der Waals surface area contributed by atoms with Gasteiger partial charge in [0.05, 0.1) is 0 Å². The zero-order valence-electron chi connectivity index (χ0n) is 13.3. The molecule has 2 N–H and O–H groups in total. The van der Waals surface area contributed by atoms with Crippen LogP contribution in [0.4, 0.5) is 10.5 Å². The molecule has 7 heteroatoms. The molecule has 3 rings (SSSR count). The summed E-state index contributed by atoms with van der Waals surface area (Å²) < 4.78 is 0. The van der Waals surface area contributed by atoms with Crippen molar-refractivity contribution in [3.05, 3.63) is 29.3 Å². The lowest BCUT2D eigenvalue weighted by Gasteiger charge is -2.24. The molecule has 0 aromatic heterocycles. The third-order valence-corrected chi connectivity index (χ3v) is 4.88. The maximum absolute atomic E-state index is 12.7. The summed E-state index contributed by atoms with van der Waals surface area (Å²) in [6.07, 6.45) is 5.26. The molecule has 1 saturated carbocycles. The number of urea groups is 1. The van der Waals surface area contributed by atoms with Crippen LogP contribution in [0.15, 0.2) is 24.3 Å². The molecule has 0 unspecified atom stereocenters. The van der Waals surface area contributed by atoms with Crippen LogP contribution in [0, 0.1) is 0 Å². The van der Waals surface area contributed by atoms with E-state index < -0.39 is 17.5 Å². The Hall–Kier alpha value is -2.08. The number of nitrogens with zero attached hydrogens (tertiary/aromatic N) is 1. The average molecular weight is 350 g/mol. The standard InChI is InChI=1S/C17H20ClN3O3/c18-12-5-7-13(8-6-12)19-14(22)11-21-15(23)17(20-16(21)24)9-3-1-2-4-10-17/h5-8H,1-4,9-11H2,(H,19,22)(H,20,24). The predicted molar refractivity (Wildman–Crippen MR) is 90.8 cm³/mol. The van der Waals surface area contributed by atoms with Crippen molar-refractivity contribution in [3.8, 4) is 0 Å². The number of rotatable bonds is 3. The first-order valence-corrected chi connectivity index (χ1v) is 8.57. The zero-order valence-corrected chi connectivity index (χ0v) is 14.1. The third kappa shape index (κ3) is 3.38. The molecule has 128 valence electrons. The molecule has 2 fully saturated rings. The van der Waals surface area contributed by atoms with E-state index in [9.17, 15) is 14.4 Å². The number of nitrogens with one attached hydrogen (secondary N) is 2. The molecule has 4 amide bonds. The van der Waals surface area contributed by atoms with Gasteiger partial charge in [-0.1, -0.05) is 37.3 Å². The Labute approximate surface area is 145 Å². The Morgan fingerprint density at radius 3 is 2.38 bits per heavy atom. The van der Waals surface area contributed by atoms with E-state index in [1.54, 1.807) is 24.3 Å². The van der Waals surface area contributed by atoms with Crippen molar-refractivity contribution in [1.29, 1.82) is 0 Å². The summed E-state index contributed by atoms with van der Waals surface area (Å²) in [5.41, 5.74) is -0.241. The fraction of sp³-hybridized carbons (Fsp3) is 0.471. The highest BCUT2D eigenvalue weighted by molar-refractivity contribution is 6.30. The number of hydrogen-bond donors (Lipinski definition) is 2. The number of amides is 4. The van der Waals surface area contributed by atoms with Crippen molar-refractivity contribution >= 4 is 35.1 Å². The molecule has 0 atom stereocenters. The van der Waals surface area contributed by atoms with Gasteiger partial charge in [0.1, 0.15) is 12.1 Å². The molecule has 1 aliphatic heterocycles. The quantitative estimate of drug-likeness (QED) is 0.823. The number of carbonyl (C=O) groups excluding carboxylic acids is 3. The van der Waals surface area contributed by atoms with Crippen LogP contribution < -0.4 is 10.6 Å². The van der Waals surface area contributed by atoms with E-state index in [4.69, 9.17) is 11.6 Å². The van der Waals surface area contributed by atoms with Crippen LogP contribution in [0.3, 0.4) is 0 Å². The van der Waals surface area contributed by atoms with Gasteiger partial charge in [-0.15, -0.1) is 0 Å². The van der Waals surface area contributed by atoms with Crippen LogP contribution in [0.25, 0.3) is 0 Å². The van der Waals surface area contributed by atoms with Crippen molar-refractivity contribution in [1.82, 2.24) is 10.2 Å². The number of halogens is 1. The highest BCUT2D eigenvalue weighted by Crippen LogP contribution is 2.32. The first-order valence-electron chi connectivity index (χ1n) is 8.20. The molecule has 24 heavy (non-hydrogen) atoms. The summed E-state index contributed by atoms with van der Waals surface area (Å²) in [6.45, 7) is -0.283. The normalized spacial score (nSPS) is 20.0. The molecule has 0 radical (unpaired) electrons. The number of anilines is 1. The lowest BCUT2D eigenvalue weighted by molar-refractivity contribution is -0.134. The van der Waals surface area contributed by atoms with E-state index >= 15 is 0 Å². The topological polar surface area (TPSA) is 78.5 Å². The fourth-order valence-corrected chi connectivity index (χ4v) is 3.49. The summed E-state index contributed by atoms with van der Waals surface area (Å²) in [5.74, 6) is -0.688. The molecule has 1 aliphatic carbocycles.